The zero-order chi connectivity index (χ0) is 20.6. The Bertz CT molecular complexity index is 1130. The number of anilines is 2. The third-order valence-electron chi connectivity index (χ3n) is 4.90. The van der Waals surface area contributed by atoms with Crippen LogP contribution in [0.15, 0.2) is 66.7 Å². The van der Waals surface area contributed by atoms with Gasteiger partial charge in [-0.25, -0.2) is 4.79 Å². The summed E-state index contributed by atoms with van der Waals surface area (Å²) in [7, 11) is 0. The zero-order valence-electron chi connectivity index (χ0n) is 15.1. The molecule has 1 heterocycles. The molecule has 3 aromatic carbocycles. The SMILES string of the molecule is O=C(O)c1cccc(NC2(Cc3cccc(Cl)c3)C(=O)Nc3cc(Cl)ccc32)c1. The molecule has 4 rings (SSSR count). The number of aromatic carboxylic acids is 1. The minimum atomic E-state index is -1.15. The Morgan fingerprint density at radius 3 is 2.52 bits per heavy atom. The molecule has 3 aromatic rings. The fourth-order valence-electron chi connectivity index (χ4n) is 3.62. The van der Waals surface area contributed by atoms with Crippen LogP contribution in [0, 0.1) is 0 Å². The number of carbonyl (C=O) groups excluding carboxylic acids is 1. The second-order valence-electron chi connectivity index (χ2n) is 6.87. The lowest BCUT2D eigenvalue weighted by Gasteiger charge is -2.30. The molecule has 0 spiro atoms. The van der Waals surface area contributed by atoms with Crippen molar-refractivity contribution < 1.29 is 14.7 Å². The Morgan fingerprint density at radius 1 is 1.00 bits per heavy atom. The number of hydrogen-bond acceptors (Lipinski definition) is 3. The van der Waals surface area contributed by atoms with Crippen molar-refractivity contribution in [3.05, 3.63) is 93.5 Å². The van der Waals surface area contributed by atoms with Crippen LogP contribution in [-0.4, -0.2) is 17.0 Å². The van der Waals surface area contributed by atoms with Gasteiger partial charge in [-0.1, -0.05) is 47.5 Å². The average Bonchev–Trinajstić information content (AvgIpc) is 2.92. The molecule has 0 bridgehead atoms. The van der Waals surface area contributed by atoms with Crippen molar-refractivity contribution in [1.29, 1.82) is 0 Å². The molecule has 0 saturated heterocycles. The number of fused-ring (bicyclic) bond motifs is 1. The zero-order valence-corrected chi connectivity index (χ0v) is 16.6. The number of halogens is 2. The Morgan fingerprint density at radius 2 is 1.76 bits per heavy atom. The molecule has 0 radical (unpaired) electrons. The van der Waals surface area contributed by atoms with Crippen LogP contribution in [-0.2, 0) is 16.8 Å². The van der Waals surface area contributed by atoms with Gasteiger partial charge in [-0.15, -0.1) is 0 Å². The fraction of sp³-hybridized carbons (Fsp3) is 0.0909. The number of hydrogen-bond donors (Lipinski definition) is 3. The standard InChI is InChI=1S/C22H16Cl2N2O3/c23-15-5-1-3-13(9-15)12-22(26-17-6-2-4-14(10-17)20(27)28)18-8-7-16(24)11-19(18)25-21(22)29/h1-11,26H,12H2,(H,25,29)(H,27,28). The number of amides is 1. The second kappa shape index (κ2) is 7.43. The molecule has 0 aliphatic carbocycles. The Labute approximate surface area is 177 Å². The molecule has 1 aliphatic rings. The van der Waals surface area contributed by atoms with E-state index in [-0.39, 0.29) is 11.5 Å². The van der Waals surface area contributed by atoms with Gasteiger partial charge >= 0.3 is 5.97 Å². The van der Waals surface area contributed by atoms with E-state index in [2.05, 4.69) is 10.6 Å². The molecule has 1 aliphatic heterocycles. The quantitative estimate of drug-likeness (QED) is 0.524. The van der Waals surface area contributed by atoms with Gasteiger partial charge in [0.2, 0.25) is 0 Å². The summed E-state index contributed by atoms with van der Waals surface area (Å²) in [6.45, 7) is 0. The van der Waals surface area contributed by atoms with Crippen LogP contribution in [0.4, 0.5) is 11.4 Å². The lowest BCUT2D eigenvalue weighted by atomic mass is 9.84. The van der Waals surface area contributed by atoms with E-state index < -0.39 is 11.5 Å². The van der Waals surface area contributed by atoms with Gasteiger partial charge in [0.1, 0.15) is 5.54 Å². The van der Waals surface area contributed by atoms with E-state index in [9.17, 15) is 14.7 Å². The van der Waals surface area contributed by atoms with E-state index >= 15 is 0 Å². The molecule has 1 atom stereocenters. The smallest absolute Gasteiger partial charge is 0.335 e. The van der Waals surface area contributed by atoms with Crippen LogP contribution in [0.2, 0.25) is 10.0 Å². The van der Waals surface area contributed by atoms with E-state index in [1.165, 1.54) is 12.1 Å². The third-order valence-corrected chi connectivity index (χ3v) is 5.37. The van der Waals surface area contributed by atoms with E-state index in [0.717, 1.165) is 11.1 Å². The highest BCUT2D eigenvalue weighted by atomic mass is 35.5. The number of nitrogens with one attached hydrogen (secondary N) is 2. The summed E-state index contributed by atoms with van der Waals surface area (Å²) in [5.74, 6) is -1.30. The lowest BCUT2D eigenvalue weighted by molar-refractivity contribution is -0.119. The van der Waals surface area contributed by atoms with E-state index in [4.69, 9.17) is 23.2 Å². The predicted octanol–water partition coefficient (Wildman–Crippen LogP) is 5.19. The van der Waals surface area contributed by atoms with Crippen LogP contribution in [0.25, 0.3) is 0 Å². The Hall–Kier alpha value is -3.02. The molecule has 1 amide bonds. The maximum atomic E-state index is 13.2. The van der Waals surface area contributed by atoms with Crippen molar-refractivity contribution in [3.63, 3.8) is 0 Å². The lowest BCUT2D eigenvalue weighted by Crippen LogP contribution is -2.44. The van der Waals surface area contributed by atoms with E-state index in [1.807, 2.05) is 12.1 Å². The topological polar surface area (TPSA) is 78.4 Å². The maximum Gasteiger partial charge on any atom is 0.335 e. The van der Waals surface area contributed by atoms with Crippen molar-refractivity contribution in [3.8, 4) is 0 Å². The van der Waals surface area contributed by atoms with E-state index in [1.54, 1.807) is 42.5 Å². The highest BCUT2D eigenvalue weighted by Crippen LogP contribution is 2.42. The van der Waals surface area contributed by atoms with Gasteiger partial charge in [0, 0.05) is 33.4 Å². The first-order chi connectivity index (χ1) is 13.9. The van der Waals surface area contributed by atoms with Crippen molar-refractivity contribution >= 4 is 46.5 Å². The van der Waals surface area contributed by atoms with Crippen molar-refractivity contribution in [2.75, 3.05) is 10.6 Å². The molecule has 5 nitrogen and oxygen atoms in total. The van der Waals surface area contributed by atoms with Crippen LogP contribution in [0.3, 0.4) is 0 Å². The number of rotatable bonds is 5. The summed E-state index contributed by atoms with van der Waals surface area (Å²) in [6, 6.07) is 18.9. The van der Waals surface area contributed by atoms with Crippen LogP contribution in [0.5, 0.6) is 0 Å². The Kier molecular flexibility index (Phi) is 4.94. The molecule has 0 saturated carbocycles. The first-order valence-electron chi connectivity index (χ1n) is 8.85. The molecule has 0 fully saturated rings. The number of carbonyl (C=O) groups is 2. The van der Waals surface area contributed by atoms with Crippen LogP contribution in [0.1, 0.15) is 21.5 Å². The van der Waals surface area contributed by atoms with Gasteiger partial charge in [-0.2, -0.15) is 0 Å². The molecule has 7 heteroatoms. The van der Waals surface area contributed by atoms with Gasteiger partial charge in [0.05, 0.1) is 5.56 Å². The van der Waals surface area contributed by atoms with Crippen LogP contribution < -0.4 is 10.6 Å². The largest absolute Gasteiger partial charge is 0.478 e. The predicted molar refractivity (Wildman–Crippen MR) is 114 cm³/mol. The minimum Gasteiger partial charge on any atom is -0.478 e. The molecule has 1 unspecified atom stereocenters. The first-order valence-corrected chi connectivity index (χ1v) is 9.60. The van der Waals surface area contributed by atoms with Gasteiger partial charge in [-0.3, -0.25) is 4.79 Å². The van der Waals surface area contributed by atoms with Crippen molar-refractivity contribution in [1.82, 2.24) is 0 Å². The first kappa shape index (κ1) is 19.3. The summed E-state index contributed by atoms with van der Waals surface area (Å²) in [5.41, 5.74) is 1.70. The summed E-state index contributed by atoms with van der Waals surface area (Å²) in [5, 5.41) is 16.6. The second-order valence-corrected chi connectivity index (χ2v) is 7.74. The highest BCUT2D eigenvalue weighted by molar-refractivity contribution is 6.31. The van der Waals surface area contributed by atoms with Crippen molar-refractivity contribution in [2.24, 2.45) is 0 Å². The fourth-order valence-corrected chi connectivity index (χ4v) is 4.00. The van der Waals surface area contributed by atoms with E-state index in [0.29, 0.717) is 27.8 Å². The molecule has 146 valence electrons. The number of benzene rings is 3. The van der Waals surface area contributed by atoms with Gasteiger partial charge in [-0.05, 0) is 48.0 Å². The van der Waals surface area contributed by atoms with Crippen LogP contribution >= 0.6 is 23.2 Å². The molecule has 0 aromatic heterocycles. The molecular formula is C22H16Cl2N2O3. The minimum absolute atomic E-state index is 0.127. The Balaban J connectivity index is 1.83. The normalized spacial score (nSPS) is 17.5. The monoisotopic (exact) mass is 426 g/mol. The molecule has 3 N–H and O–H groups in total. The summed E-state index contributed by atoms with van der Waals surface area (Å²) in [4.78, 5) is 24.6. The van der Waals surface area contributed by atoms with Gasteiger partial charge < -0.3 is 15.7 Å². The molecule has 29 heavy (non-hydrogen) atoms. The average molecular weight is 427 g/mol. The summed E-state index contributed by atoms with van der Waals surface area (Å²) in [6.07, 6.45) is 0.311. The molecular weight excluding hydrogens is 411 g/mol. The summed E-state index contributed by atoms with van der Waals surface area (Å²) < 4.78 is 0. The highest BCUT2D eigenvalue weighted by Gasteiger charge is 2.47. The van der Waals surface area contributed by atoms with Gasteiger partial charge in [0.15, 0.2) is 0 Å². The summed E-state index contributed by atoms with van der Waals surface area (Å²) >= 11 is 12.3. The number of carboxylic acid groups (broad SMARTS) is 1. The van der Waals surface area contributed by atoms with Gasteiger partial charge in [0.25, 0.3) is 5.91 Å². The maximum absolute atomic E-state index is 13.2. The van der Waals surface area contributed by atoms with Crippen molar-refractivity contribution in [2.45, 2.75) is 12.0 Å². The third kappa shape index (κ3) is 3.67. The number of carboxylic acids is 1.